The van der Waals surface area contributed by atoms with Crippen LogP contribution in [0.5, 0.6) is 11.5 Å². The topological polar surface area (TPSA) is 144 Å². The van der Waals surface area contributed by atoms with Gasteiger partial charge in [0.05, 0.1) is 11.5 Å². The SMILES string of the molecule is CCOc1cc(/C=C(/C#N)C(=O)Nc2cccc([N+](=O)[O-])c2)ccc1OCC(=O)Nc1ccccc1C. The summed E-state index contributed by atoms with van der Waals surface area (Å²) in [6.45, 7) is 3.73. The van der Waals surface area contributed by atoms with Gasteiger partial charge < -0.3 is 20.1 Å². The first kappa shape index (κ1) is 26.4. The van der Waals surface area contributed by atoms with Gasteiger partial charge in [0.2, 0.25) is 0 Å². The van der Waals surface area contributed by atoms with Crippen molar-refractivity contribution in [1.29, 1.82) is 5.26 Å². The van der Waals surface area contributed by atoms with Crippen molar-refractivity contribution in [2.45, 2.75) is 13.8 Å². The molecule has 0 aromatic heterocycles. The summed E-state index contributed by atoms with van der Waals surface area (Å²) in [6, 6.07) is 19.4. The van der Waals surface area contributed by atoms with E-state index in [2.05, 4.69) is 10.6 Å². The molecule has 0 aliphatic rings. The molecule has 0 unspecified atom stereocenters. The number of nitro benzene ring substituents is 1. The predicted molar refractivity (Wildman–Crippen MR) is 138 cm³/mol. The maximum Gasteiger partial charge on any atom is 0.271 e. The number of nitriles is 1. The number of ether oxygens (including phenoxy) is 2. The van der Waals surface area contributed by atoms with Crippen molar-refractivity contribution in [1.82, 2.24) is 0 Å². The average Bonchev–Trinajstić information content (AvgIpc) is 2.88. The second kappa shape index (κ2) is 12.5. The molecule has 0 saturated carbocycles. The van der Waals surface area contributed by atoms with E-state index in [4.69, 9.17) is 9.47 Å². The number of nitro groups is 1. The molecular formula is C27H24N4O6. The number of nitrogens with zero attached hydrogens (tertiary/aromatic N) is 2. The van der Waals surface area contributed by atoms with Crippen LogP contribution in [0.15, 0.2) is 72.3 Å². The lowest BCUT2D eigenvalue weighted by molar-refractivity contribution is -0.384. The van der Waals surface area contributed by atoms with Crippen LogP contribution in [0.1, 0.15) is 18.1 Å². The number of benzene rings is 3. The van der Waals surface area contributed by atoms with E-state index in [9.17, 15) is 25.0 Å². The number of para-hydroxylation sites is 1. The summed E-state index contributed by atoms with van der Waals surface area (Å²) in [6.07, 6.45) is 1.35. The molecule has 2 amide bonds. The average molecular weight is 501 g/mol. The third-order valence-corrected chi connectivity index (χ3v) is 5.04. The summed E-state index contributed by atoms with van der Waals surface area (Å²) in [5, 5.41) is 25.7. The van der Waals surface area contributed by atoms with E-state index in [0.717, 1.165) is 5.56 Å². The Bertz CT molecular complexity index is 1390. The molecule has 3 rings (SSSR count). The summed E-state index contributed by atoms with van der Waals surface area (Å²) < 4.78 is 11.3. The van der Waals surface area contributed by atoms with E-state index in [1.807, 2.05) is 31.2 Å². The molecule has 10 nitrogen and oxygen atoms in total. The molecule has 0 fully saturated rings. The van der Waals surface area contributed by atoms with E-state index in [1.54, 1.807) is 31.2 Å². The summed E-state index contributed by atoms with van der Waals surface area (Å²) in [5.41, 5.74) is 1.86. The lowest BCUT2D eigenvalue weighted by atomic mass is 10.1. The van der Waals surface area contributed by atoms with Crippen LogP contribution < -0.4 is 20.1 Å². The minimum atomic E-state index is -0.728. The second-order valence-electron chi connectivity index (χ2n) is 7.72. The summed E-state index contributed by atoms with van der Waals surface area (Å²) in [5.74, 6) is -0.422. The zero-order valence-electron chi connectivity index (χ0n) is 20.2. The molecule has 37 heavy (non-hydrogen) atoms. The van der Waals surface area contributed by atoms with Crippen molar-refractivity contribution >= 4 is 35.0 Å². The summed E-state index contributed by atoms with van der Waals surface area (Å²) in [7, 11) is 0. The minimum Gasteiger partial charge on any atom is -0.490 e. The molecule has 0 atom stereocenters. The third-order valence-electron chi connectivity index (χ3n) is 5.04. The van der Waals surface area contributed by atoms with Crippen molar-refractivity contribution in [2.24, 2.45) is 0 Å². The fourth-order valence-electron chi connectivity index (χ4n) is 3.26. The molecular weight excluding hydrogens is 476 g/mol. The van der Waals surface area contributed by atoms with Crippen LogP contribution in [-0.2, 0) is 9.59 Å². The van der Waals surface area contributed by atoms with Crippen molar-refractivity contribution in [2.75, 3.05) is 23.8 Å². The predicted octanol–water partition coefficient (Wildman–Crippen LogP) is 4.87. The van der Waals surface area contributed by atoms with E-state index in [0.29, 0.717) is 29.4 Å². The van der Waals surface area contributed by atoms with Crippen LogP contribution in [0.25, 0.3) is 6.08 Å². The highest BCUT2D eigenvalue weighted by Gasteiger charge is 2.14. The summed E-state index contributed by atoms with van der Waals surface area (Å²) in [4.78, 5) is 35.3. The van der Waals surface area contributed by atoms with Crippen LogP contribution in [0, 0.1) is 28.4 Å². The van der Waals surface area contributed by atoms with Gasteiger partial charge in [-0.3, -0.25) is 19.7 Å². The molecule has 0 aliphatic carbocycles. The van der Waals surface area contributed by atoms with Crippen LogP contribution in [0.4, 0.5) is 17.1 Å². The highest BCUT2D eigenvalue weighted by atomic mass is 16.6. The van der Waals surface area contributed by atoms with Crippen molar-refractivity contribution < 1.29 is 24.0 Å². The number of aryl methyl sites for hydroxylation is 1. The molecule has 0 heterocycles. The Hall–Kier alpha value is -5.17. The van der Waals surface area contributed by atoms with E-state index < -0.39 is 10.8 Å². The molecule has 0 radical (unpaired) electrons. The van der Waals surface area contributed by atoms with E-state index in [-0.39, 0.29) is 29.5 Å². The van der Waals surface area contributed by atoms with Gasteiger partial charge in [0, 0.05) is 23.5 Å². The van der Waals surface area contributed by atoms with Gasteiger partial charge in [-0.15, -0.1) is 0 Å². The van der Waals surface area contributed by atoms with Crippen molar-refractivity contribution in [3.8, 4) is 17.6 Å². The van der Waals surface area contributed by atoms with Crippen LogP contribution in [0.2, 0.25) is 0 Å². The van der Waals surface area contributed by atoms with Crippen LogP contribution >= 0.6 is 0 Å². The number of anilines is 2. The van der Waals surface area contributed by atoms with Crippen molar-refractivity contribution in [3.05, 3.63) is 93.5 Å². The maximum atomic E-state index is 12.6. The van der Waals surface area contributed by atoms with Crippen molar-refractivity contribution in [3.63, 3.8) is 0 Å². The molecule has 0 bridgehead atoms. The number of hydrogen-bond acceptors (Lipinski definition) is 7. The normalized spacial score (nSPS) is 10.7. The Morgan fingerprint density at radius 1 is 1.03 bits per heavy atom. The van der Waals surface area contributed by atoms with Gasteiger partial charge in [-0.2, -0.15) is 5.26 Å². The number of amides is 2. The molecule has 3 aromatic carbocycles. The Morgan fingerprint density at radius 3 is 2.51 bits per heavy atom. The number of hydrogen-bond donors (Lipinski definition) is 2. The molecule has 0 aliphatic heterocycles. The first-order valence-corrected chi connectivity index (χ1v) is 11.2. The lowest BCUT2D eigenvalue weighted by Gasteiger charge is -2.13. The Balaban J connectivity index is 1.73. The molecule has 0 saturated heterocycles. The number of nitrogens with one attached hydrogen (secondary N) is 2. The maximum absolute atomic E-state index is 12.6. The molecule has 3 aromatic rings. The number of carbonyl (C=O) groups excluding carboxylic acids is 2. The van der Waals surface area contributed by atoms with E-state index >= 15 is 0 Å². The largest absolute Gasteiger partial charge is 0.490 e. The van der Waals surface area contributed by atoms with Gasteiger partial charge >= 0.3 is 0 Å². The first-order valence-electron chi connectivity index (χ1n) is 11.2. The van der Waals surface area contributed by atoms with Gasteiger partial charge in [-0.25, -0.2) is 0 Å². The fourth-order valence-corrected chi connectivity index (χ4v) is 3.26. The Kier molecular flexibility index (Phi) is 8.94. The molecule has 188 valence electrons. The van der Waals surface area contributed by atoms with Gasteiger partial charge in [-0.1, -0.05) is 30.3 Å². The lowest BCUT2D eigenvalue weighted by Crippen LogP contribution is -2.20. The fraction of sp³-hybridized carbons (Fsp3) is 0.148. The first-order chi connectivity index (χ1) is 17.8. The number of carbonyl (C=O) groups is 2. The van der Waals surface area contributed by atoms with Gasteiger partial charge in [0.1, 0.15) is 11.6 Å². The quantitative estimate of drug-likeness (QED) is 0.175. The number of non-ortho nitro benzene ring substituents is 1. The highest BCUT2D eigenvalue weighted by molar-refractivity contribution is 6.09. The monoisotopic (exact) mass is 500 g/mol. The van der Waals surface area contributed by atoms with E-state index in [1.165, 1.54) is 30.3 Å². The van der Waals surface area contributed by atoms with Gasteiger partial charge in [-0.05, 0) is 55.3 Å². The highest BCUT2D eigenvalue weighted by Crippen LogP contribution is 2.30. The number of rotatable bonds is 10. The third kappa shape index (κ3) is 7.40. The zero-order chi connectivity index (χ0) is 26.8. The van der Waals surface area contributed by atoms with Crippen LogP contribution in [0.3, 0.4) is 0 Å². The van der Waals surface area contributed by atoms with Crippen LogP contribution in [-0.4, -0.2) is 30.0 Å². The second-order valence-corrected chi connectivity index (χ2v) is 7.72. The Labute approximate surface area is 213 Å². The molecule has 2 N–H and O–H groups in total. The molecule has 10 heteroatoms. The zero-order valence-corrected chi connectivity index (χ0v) is 20.2. The standard InChI is InChI=1S/C27H24N4O6/c1-3-36-25-14-19(11-12-24(25)37-17-26(32)30-23-10-5-4-7-18(23)2)13-20(16-28)27(33)29-21-8-6-9-22(15-21)31(34)35/h4-15H,3,17H2,1-2H3,(H,29,33)(H,30,32)/b20-13-. The molecule has 0 spiro atoms. The smallest absolute Gasteiger partial charge is 0.271 e. The Morgan fingerprint density at radius 2 is 1.81 bits per heavy atom. The summed E-state index contributed by atoms with van der Waals surface area (Å²) >= 11 is 0. The van der Waals surface area contributed by atoms with Gasteiger partial charge in [0.25, 0.3) is 17.5 Å². The minimum absolute atomic E-state index is 0.183. The van der Waals surface area contributed by atoms with Gasteiger partial charge in [0.15, 0.2) is 18.1 Å².